The minimum atomic E-state index is -0.618. The number of carbonyl (C=O) groups is 1. The Balaban J connectivity index is 2.02. The fraction of sp³-hybridized carbons (Fsp3) is 0.583. The molecule has 1 N–H and O–H groups in total. The molecule has 0 unspecified atom stereocenters. The highest BCUT2D eigenvalue weighted by Crippen LogP contribution is 2.49. The van der Waals surface area contributed by atoms with Gasteiger partial charge >= 0.3 is 5.97 Å². The molecule has 1 aliphatic rings. The number of hydrogen-bond donors (Lipinski definition) is 1. The molecule has 0 aromatic carbocycles. The summed E-state index contributed by atoms with van der Waals surface area (Å²) in [5.74, 6) is -0.618. The second kappa shape index (κ2) is 3.97. The summed E-state index contributed by atoms with van der Waals surface area (Å²) in [6.07, 6.45) is 4.71. The van der Waals surface area contributed by atoms with Crippen molar-refractivity contribution in [3.8, 4) is 0 Å². The van der Waals surface area contributed by atoms with Gasteiger partial charge in [0.2, 0.25) is 0 Å². The zero-order chi connectivity index (χ0) is 10.9. The van der Waals surface area contributed by atoms with Crippen molar-refractivity contribution < 1.29 is 9.90 Å². The summed E-state index contributed by atoms with van der Waals surface area (Å²) < 4.78 is 0. The van der Waals surface area contributed by atoms with E-state index in [4.69, 9.17) is 5.11 Å². The molecule has 2 rings (SSSR count). The summed E-state index contributed by atoms with van der Waals surface area (Å²) in [6.45, 7) is 2.17. The standard InChI is InChI=1S/C12H16O2S/c1-2-3-9-4-5-10(15-9)8-12(6-7-12)11(13)14/h4-5H,2-3,6-8H2,1H3,(H,13,14). The van der Waals surface area contributed by atoms with E-state index >= 15 is 0 Å². The van der Waals surface area contributed by atoms with Gasteiger partial charge in [-0.1, -0.05) is 13.3 Å². The number of rotatable bonds is 5. The third kappa shape index (κ3) is 2.23. The van der Waals surface area contributed by atoms with E-state index in [0.717, 1.165) is 32.1 Å². The lowest BCUT2D eigenvalue weighted by Gasteiger charge is -2.06. The Morgan fingerprint density at radius 3 is 2.67 bits per heavy atom. The summed E-state index contributed by atoms with van der Waals surface area (Å²) in [6, 6.07) is 4.24. The van der Waals surface area contributed by atoms with Gasteiger partial charge in [0, 0.05) is 9.75 Å². The topological polar surface area (TPSA) is 37.3 Å². The van der Waals surface area contributed by atoms with Gasteiger partial charge in [-0.2, -0.15) is 0 Å². The van der Waals surface area contributed by atoms with Crippen molar-refractivity contribution in [1.82, 2.24) is 0 Å². The molecule has 15 heavy (non-hydrogen) atoms. The predicted octanol–water partition coefficient (Wildman–Crippen LogP) is 3.11. The van der Waals surface area contributed by atoms with E-state index in [-0.39, 0.29) is 0 Å². The van der Waals surface area contributed by atoms with Crippen LogP contribution < -0.4 is 0 Å². The number of carboxylic acids is 1. The molecular formula is C12H16O2S. The SMILES string of the molecule is CCCc1ccc(CC2(C(=O)O)CC2)s1. The fourth-order valence-corrected chi connectivity index (χ4v) is 3.11. The van der Waals surface area contributed by atoms with E-state index in [2.05, 4.69) is 19.1 Å². The first kappa shape index (κ1) is 10.7. The van der Waals surface area contributed by atoms with E-state index in [1.807, 2.05) is 0 Å². The minimum absolute atomic E-state index is 0.408. The van der Waals surface area contributed by atoms with Crippen LogP contribution in [0.3, 0.4) is 0 Å². The average Bonchev–Trinajstić information content (AvgIpc) is 2.83. The van der Waals surface area contributed by atoms with Gasteiger partial charge in [0.1, 0.15) is 0 Å². The molecule has 1 saturated carbocycles. The highest BCUT2D eigenvalue weighted by molar-refractivity contribution is 7.12. The molecule has 3 heteroatoms. The highest BCUT2D eigenvalue weighted by Gasteiger charge is 2.50. The summed E-state index contributed by atoms with van der Waals surface area (Å²) in [5, 5.41) is 9.08. The Morgan fingerprint density at radius 2 is 2.13 bits per heavy atom. The van der Waals surface area contributed by atoms with Crippen molar-refractivity contribution in [2.75, 3.05) is 0 Å². The zero-order valence-corrected chi connectivity index (χ0v) is 9.77. The number of aliphatic carboxylic acids is 1. The highest BCUT2D eigenvalue weighted by atomic mass is 32.1. The van der Waals surface area contributed by atoms with Crippen LogP contribution in [0.5, 0.6) is 0 Å². The minimum Gasteiger partial charge on any atom is -0.481 e. The lowest BCUT2D eigenvalue weighted by Crippen LogP contribution is -2.16. The van der Waals surface area contributed by atoms with Crippen molar-refractivity contribution in [1.29, 1.82) is 0 Å². The maximum Gasteiger partial charge on any atom is 0.309 e. The molecule has 0 atom stereocenters. The molecule has 0 bridgehead atoms. The molecule has 0 amide bonds. The maximum atomic E-state index is 11.0. The Morgan fingerprint density at radius 1 is 1.47 bits per heavy atom. The molecule has 82 valence electrons. The van der Waals surface area contributed by atoms with E-state index in [1.165, 1.54) is 9.75 Å². The number of carboxylic acid groups (broad SMARTS) is 1. The second-order valence-corrected chi connectivity index (χ2v) is 5.63. The fourth-order valence-electron chi connectivity index (χ4n) is 1.85. The first-order valence-corrected chi connectivity index (χ1v) is 6.29. The van der Waals surface area contributed by atoms with Gasteiger partial charge < -0.3 is 5.11 Å². The molecule has 1 aliphatic carbocycles. The van der Waals surface area contributed by atoms with Crippen molar-refractivity contribution in [3.05, 3.63) is 21.9 Å². The molecule has 0 saturated heterocycles. The molecule has 1 aromatic heterocycles. The largest absolute Gasteiger partial charge is 0.481 e. The van der Waals surface area contributed by atoms with Crippen LogP contribution in [0, 0.1) is 5.41 Å². The first-order chi connectivity index (χ1) is 7.16. The number of aryl methyl sites for hydroxylation is 1. The smallest absolute Gasteiger partial charge is 0.309 e. The van der Waals surface area contributed by atoms with Gasteiger partial charge in [-0.25, -0.2) is 0 Å². The van der Waals surface area contributed by atoms with E-state index in [0.29, 0.717) is 0 Å². The van der Waals surface area contributed by atoms with E-state index in [1.54, 1.807) is 11.3 Å². The van der Waals surface area contributed by atoms with Crippen molar-refractivity contribution in [3.63, 3.8) is 0 Å². The first-order valence-electron chi connectivity index (χ1n) is 5.47. The summed E-state index contributed by atoms with van der Waals surface area (Å²) in [7, 11) is 0. The molecule has 0 aliphatic heterocycles. The van der Waals surface area contributed by atoms with Crippen LogP contribution in [-0.2, 0) is 17.6 Å². The van der Waals surface area contributed by atoms with Crippen molar-refractivity contribution in [2.24, 2.45) is 5.41 Å². The van der Waals surface area contributed by atoms with Crippen LogP contribution >= 0.6 is 11.3 Å². The van der Waals surface area contributed by atoms with Gasteiger partial charge in [-0.3, -0.25) is 4.79 Å². The lowest BCUT2D eigenvalue weighted by atomic mass is 10.0. The Hall–Kier alpha value is -0.830. The van der Waals surface area contributed by atoms with Gasteiger partial charge in [0.25, 0.3) is 0 Å². The quantitative estimate of drug-likeness (QED) is 0.834. The number of thiophene rings is 1. The third-order valence-electron chi connectivity index (χ3n) is 3.03. The molecule has 1 aromatic rings. The summed E-state index contributed by atoms with van der Waals surface area (Å²) >= 11 is 1.78. The second-order valence-electron chi connectivity index (χ2n) is 4.38. The monoisotopic (exact) mass is 224 g/mol. The Bertz CT molecular complexity index is 363. The van der Waals surface area contributed by atoms with Crippen LogP contribution in [-0.4, -0.2) is 11.1 Å². The van der Waals surface area contributed by atoms with E-state index < -0.39 is 11.4 Å². The van der Waals surface area contributed by atoms with Crippen LogP contribution in [0.4, 0.5) is 0 Å². The van der Waals surface area contributed by atoms with Crippen LogP contribution in [0.25, 0.3) is 0 Å². The summed E-state index contributed by atoms with van der Waals surface area (Å²) in [4.78, 5) is 13.6. The maximum absolute atomic E-state index is 11.0. The average molecular weight is 224 g/mol. The van der Waals surface area contributed by atoms with Crippen LogP contribution in [0.1, 0.15) is 35.9 Å². The number of hydrogen-bond acceptors (Lipinski definition) is 2. The van der Waals surface area contributed by atoms with Gasteiger partial charge in [0.05, 0.1) is 5.41 Å². The van der Waals surface area contributed by atoms with Crippen LogP contribution in [0.15, 0.2) is 12.1 Å². The molecule has 1 fully saturated rings. The molecule has 0 spiro atoms. The van der Waals surface area contributed by atoms with Gasteiger partial charge in [-0.05, 0) is 37.8 Å². The van der Waals surface area contributed by atoms with Crippen LogP contribution in [0.2, 0.25) is 0 Å². The predicted molar refractivity (Wildman–Crippen MR) is 61.3 cm³/mol. The Kier molecular flexibility index (Phi) is 2.83. The molecule has 1 heterocycles. The van der Waals surface area contributed by atoms with Crippen molar-refractivity contribution in [2.45, 2.75) is 39.0 Å². The third-order valence-corrected chi connectivity index (χ3v) is 4.18. The molecule has 2 nitrogen and oxygen atoms in total. The Labute approximate surface area is 93.9 Å². The zero-order valence-electron chi connectivity index (χ0n) is 8.95. The van der Waals surface area contributed by atoms with Gasteiger partial charge in [-0.15, -0.1) is 11.3 Å². The summed E-state index contributed by atoms with van der Waals surface area (Å²) in [5.41, 5.74) is -0.408. The van der Waals surface area contributed by atoms with E-state index in [9.17, 15) is 4.79 Å². The normalized spacial score (nSPS) is 17.7. The molecular weight excluding hydrogens is 208 g/mol. The lowest BCUT2D eigenvalue weighted by molar-refractivity contribution is -0.143. The van der Waals surface area contributed by atoms with Crippen molar-refractivity contribution >= 4 is 17.3 Å². The van der Waals surface area contributed by atoms with Gasteiger partial charge in [0.15, 0.2) is 0 Å². The molecule has 0 radical (unpaired) electrons.